The summed E-state index contributed by atoms with van der Waals surface area (Å²) >= 11 is 0. The summed E-state index contributed by atoms with van der Waals surface area (Å²) in [5, 5.41) is 0. The normalized spacial score (nSPS) is 29.0. The third-order valence-electron chi connectivity index (χ3n) is 7.56. The van der Waals surface area contributed by atoms with Gasteiger partial charge in [-0.2, -0.15) is 0 Å². The van der Waals surface area contributed by atoms with E-state index in [1.165, 1.54) is 28.1 Å². The van der Waals surface area contributed by atoms with Gasteiger partial charge in [-0.1, -0.05) is 52.0 Å². The number of pyridine rings is 1. The number of benzene rings is 1. The molecule has 0 fully saturated rings. The van der Waals surface area contributed by atoms with E-state index < -0.39 is 0 Å². The van der Waals surface area contributed by atoms with Gasteiger partial charge in [0.25, 0.3) is 0 Å². The highest BCUT2D eigenvalue weighted by Gasteiger charge is 2.64. The fourth-order valence-electron chi connectivity index (χ4n) is 5.28. The van der Waals surface area contributed by atoms with Gasteiger partial charge in [0.1, 0.15) is 0 Å². The molecule has 0 bridgehead atoms. The Hall–Kier alpha value is -1.83. The Morgan fingerprint density at radius 1 is 0.958 bits per heavy atom. The molecule has 4 rings (SSSR count). The smallest absolute Gasteiger partial charge is 0.0710 e. The maximum atomic E-state index is 4.78. The minimum Gasteiger partial charge on any atom is -0.353 e. The summed E-state index contributed by atoms with van der Waals surface area (Å²) in [6.07, 6.45) is 1.94. The summed E-state index contributed by atoms with van der Waals surface area (Å²) < 4.78 is 0. The number of hydrogen-bond donors (Lipinski definition) is 0. The summed E-state index contributed by atoms with van der Waals surface area (Å²) in [6, 6.07) is 11.5. The van der Waals surface area contributed by atoms with E-state index in [9.17, 15) is 0 Å². The van der Waals surface area contributed by atoms with Gasteiger partial charge < -0.3 is 4.90 Å². The highest BCUT2D eigenvalue weighted by atomic mass is 15.3. The minimum absolute atomic E-state index is 0.0589. The lowest BCUT2D eigenvalue weighted by atomic mass is 9.51. The molecule has 2 aromatic rings. The second kappa shape index (κ2) is 4.41. The van der Waals surface area contributed by atoms with Crippen LogP contribution in [0, 0.1) is 12.3 Å². The van der Waals surface area contributed by atoms with Gasteiger partial charge in [0.2, 0.25) is 0 Å². The first-order valence-corrected chi connectivity index (χ1v) is 9.00. The van der Waals surface area contributed by atoms with Crippen LogP contribution >= 0.6 is 0 Å². The van der Waals surface area contributed by atoms with E-state index in [4.69, 9.17) is 4.98 Å². The van der Waals surface area contributed by atoms with Crippen LogP contribution < -0.4 is 4.90 Å². The lowest BCUT2D eigenvalue weighted by molar-refractivity contribution is 0.0652. The zero-order chi connectivity index (χ0) is 17.5. The Morgan fingerprint density at radius 2 is 1.62 bits per heavy atom. The quantitative estimate of drug-likeness (QED) is 0.637. The first-order chi connectivity index (χ1) is 11.2. The number of aromatic nitrogens is 1. The summed E-state index contributed by atoms with van der Waals surface area (Å²) in [5.74, 6) is 0. The molecular formula is C22H28N2. The van der Waals surface area contributed by atoms with E-state index in [1.807, 2.05) is 6.20 Å². The molecule has 24 heavy (non-hydrogen) atoms. The number of nitrogens with zero attached hydrogens (tertiary/aromatic N) is 2. The van der Waals surface area contributed by atoms with Crippen molar-refractivity contribution in [1.29, 1.82) is 0 Å². The molecule has 0 saturated heterocycles. The zero-order valence-electron chi connectivity index (χ0n) is 15.9. The highest BCUT2D eigenvalue weighted by Crippen LogP contribution is 2.67. The first-order valence-electron chi connectivity index (χ1n) is 9.00. The Bertz CT molecular complexity index is 834. The third kappa shape index (κ3) is 1.46. The molecule has 0 amide bonds. The van der Waals surface area contributed by atoms with E-state index in [2.05, 4.69) is 83.7 Å². The van der Waals surface area contributed by atoms with Crippen LogP contribution in [-0.4, -0.2) is 4.98 Å². The maximum Gasteiger partial charge on any atom is 0.0710 e. The molecular weight excluding hydrogens is 292 g/mol. The number of rotatable bonds is 0. The average Bonchev–Trinajstić information content (AvgIpc) is 2.77. The minimum atomic E-state index is -0.0708. The molecule has 2 atom stereocenters. The molecule has 1 aromatic carbocycles. The topological polar surface area (TPSA) is 16.1 Å². The molecule has 2 nitrogen and oxygen atoms in total. The van der Waals surface area contributed by atoms with Crippen molar-refractivity contribution in [3.63, 3.8) is 0 Å². The van der Waals surface area contributed by atoms with Gasteiger partial charge in [-0.3, -0.25) is 4.98 Å². The van der Waals surface area contributed by atoms with Gasteiger partial charge in [-0.15, -0.1) is 0 Å². The fraction of sp³-hybridized carbons (Fsp3) is 0.500. The van der Waals surface area contributed by atoms with Gasteiger partial charge in [-0.25, -0.2) is 0 Å². The molecule has 0 spiro atoms. The average molecular weight is 320 g/mol. The van der Waals surface area contributed by atoms with Crippen molar-refractivity contribution in [2.45, 2.75) is 65.5 Å². The third-order valence-corrected chi connectivity index (χ3v) is 7.56. The Kier molecular flexibility index (Phi) is 2.88. The maximum absolute atomic E-state index is 4.78. The van der Waals surface area contributed by atoms with Crippen molar-refractivity contribution in [3.8, 4) is 0 Å². The second-order valence-electron chi connectivity index (χ2n) is 8.78. The first kappa shape index (κ1) is 15.7. The van der Waals surface area contributed by atoms with Crippen LogP contribution in [0.15, 0.2) is 36.5 Å². The molecule has 0 N–H and O–H groups in total. The van der Waals surface area contributed by atoms with Gasteiger partial charge in [0, 0.05) is 22.9 Å². The summed E-state index contributed by atoms with van der Waals surface area (Å²) in [4.78, 5) is 7.44. The molecule has 1 unspecified atom stereocenters. The number of para-hydroxylation sites is 1. The lowest BCUT2D eigenvalue weighted by Crippen LogP contribution is -2.62. The summed E-state index contributed by atoms with van der Waals surface area (Å²) in [5.41, 5.74) is 6.92. The van der Waals surface area contributed by atoms with Crippen LogP contribution in [-0.2, 0) is 11.0 Å². The molecule has 126 valence electrons. The van der Waals surface area contributed by atoms with Crippen molar-refractivity contribution in [2.75, 3.05) is 4.90 Å². The van der Waals surface area contributed by atoms with Crippen molar-refractivity contribution < 1.29 is 0 Å². The van der Waals surface area contributed by atoms with E-state index in [0.717, 1.165) is 0 Å². The number of anilines is 1. The molecule has 1 aromatic heterocycles. The fourth-order valence-corrected chi connectivity index (χ4v) is 5.28. The molecule has 2 aliphatic rings. The van der Waals surface area contributed by atoms with Crippen LogP contribution in [0.4, 0.5) is 5.69 Å². The van der Waals surface area contributed by atoms with Crippen molar-refractivity contribution in [3.05, 3.63) is 58.9 Å². The number of fused-ring (bicyclic) bond motifs is 5. The van der Waals surface area contributed by atoms with E-state index in [-0.39, 0.29) is 16.4 Å². The molecule has 2 aliphatic heterocycles. The number of hydrogen-bond acceptors (Lipinski definition) is 2. The van der Waals surface area contributed by atoms with E-state index >= 15 is 0 Å². The predicted molar refractivity (Wildman–Crippen MR) is 100 cm³/mol. The van der Waals surface area contributed by atoms with Crippen molar-refractivity contribution in [2.24, 2.45) is 5.41 Å². The van der Waals surface area contributed by atoms with Crippen LogP contribution in [0.2, 0.25) is 0 Å². The summed E-state index contributed by atoms with van der Waals surface area (Å²) in [7, 11) is 0. The van der Waals surface area contributed by atoms with Gasteiger partial charge in [0.05, 0.1) is 17.3 Å². The SMILES string of the molecule is Cc1cccc2c1N1[C@@H](C)c3ncccc3C1(C)C(C)(C)C2(C)C. The summed E-state index contributed by atoms with van der Waals surface area (Å²) in [6.45, 7) is 16.7. The molecule has 0 aliphatic carbocycles. The van der Waals surface area contributed by atoms with Gasteiger partial charge in [-0.05, 0) is 43.4 Å². The highest BCUT2D eigenvalue weighted by molar-refractivity contribution is 5.71. The zero-order valence-corrected chi connectivity index (χ0v) is 15.9. The second-order valence-corrected chi connectivity index (χ2v) is 8.78. The van der Waals surface area contributed by atoms with E-state index in [1.54, 1.807) is 0 Å². The van der Waals surface area contributed by atoms with Crippen LogP contribution in [0.25, 0.3) is 0 Å². The van der Waals surface area contributed by atoms with Crippen LogP contribution in [0.3, 0.4) is 0 Å². The monoisotopic (exact) mass is 320 g/mol. The van der Waals surface area contributed by atoms with Gasteiger partial charge >= 0.3 is 0 Å². The van der Waals surface area contributed by atoms with E-state index in [0.29, 0.717) is 6.04 Å². The standard InChI is InChI=1S/C22H28N2/c1-14-10-8-11-17-19(14)24-15(2)18-16(12-9-13-23-18)22(24,7)21(5,6)20(17,3)4/h8-13,15H,1-7H3/t15-,22?/m0/s1. The molecule has 0 radical (unpaired) electrons. The molecule has 3 heterocycles. The lowest BCUT2D eigenvalue weighted by Gasteiger charge is -2.62. The predicted octanol–water partition coefficient (Wildman–Crippen LogP) is 5.50. The largest absolute Gasteiger partial charge is 0.353 e. The molecule has 2 heteroatoms. The Balaban J connectivity index is 2.15. The Morgan fingerprint density at radius 3 is 2.33 bits per heavy atom. The van der Waals surface area contributed by atoms with Crippen LogP contribution in [0.1, 0.15) is 70.0 Å². The molecule has 0 saturated carbocycles. The Labute approximate surface area is 145 Å². The van der Waals surface area contributed by atoms with Gasteiger partial charge in [0.15, 0.2) is 0 Å². The number of aryl methyl sites for hydroxylation is 1. The van der Waals surface area contributed by atoms with Crippen molar-refractivity contribution in [1.82, 2.24) is 4.98 Å². The van der Waals surface area contributed by atoms with Crippen molar-refractivity contribution >= 4 is 5.69 Å². The van der Waals surface area contributed by atoms with Crippen LogP contribution in [0.5, 0.6) is 0 Å².